The molecular weight excluding hydrogens is 246 g/mol. The van der Waals surface area contributed by atoms with Gasteiger partial charge in [-0.2, -0.15) is 0 Å². The molecule has 0 atom stereocenters. The fourth-order valence-electron chi connectivity index (χ4n) is 1.79. The number of carboxylic acid groups (broad SMARTS) is 1. The zero-order valence-electron chi connectivity index (χ0n) is 10.2. The lowest BCUT2D eigenvalue weighted by Crippen LogP contribution is -2.21. The summed E-state index contributed by atoms with van der Waals surface area (Å²) in [6.45, 7) is 3.85. The molecule has 0 spiro atoms. The Hall–Kier alpha value is -1.81. The number of carbonyl (C=O) groups is 1. The maximum absolute atomic E-state index is 10.8. The SMILES string of the molecule is CCN(Cc1cccs1)c1ccc(C(=O)O)cc1. The average Bonchev–Trinajstić information content (AvgIpc) is 2.89. The number of nitrogens with zero attached hydrogens (tertiary/aromatic N) is 1. The molecule has 0 saturated carbocycles. The van der Waals surface area contributed by atoms with Crippen molar-refractivity contribution in [3.05, 3.63) is 52.2 Å². The van der Waals surface area contributed by atoms with Gasteiger partial charge in [0.1, 0.15) is 0 Å². The number of rotatable bonds is 5. The summed E-state index contributed by atoms with van der Waals surface area (Å²) >= 11 is 1.73. The van der Waals surface area contributed by atoms with Gasteiger partial charge in [-0.3, -0.25) is 0 Å². The van der Waals surface area contributed by atoms with Gasteiger partial charge < -0.3 is 10.0 Å². The average molecular weight is 261 g/mol. The predicted octanol–water partition coefficient (Wildman–Crippen LogP) is 3.47. The van der Waals surface area contributed by atoms with Crippen LogP contribution in [0.4, 0.5) is 5.69 Å². The second-order valence-electron chi connectivity index (χ2n) is 3.95. The normalized spacial score (nSPS) is 10.3. The van der Waals surface area contributed by atoms with E-state index in [0.717, 1.165) is 18.8 Å². The van der Waals surface area contributed by atoms with Gasteiger partial charge in [-0.1, -0.05) is 6.07 Å². The van der Waals surface area contributed by atoms with E-state index in [0.29, 0.717) is 5.56 Å². The molecule has 0 saturated heterocycles. The van der Waals surface area contributed by atoms with E-state index in [9.17, 15) is 4.79 Å². The number of hydrogen-bond acceptors (Lipinski definition) is 3. The first kappa shape index (κ1) is 12.6. The zero-order valence-corrected chi connectivity index (χ0v) is 11.0. The molecule has 0 aliphatic heterocycles. The van der Waals surface area contributed by atoms with Gasteiger partial charge >= 0.3 is 5.97 Å². The van der Waals surface area contributed by atoms with Crippen LogP contribution in [0, 0.1) is 0 Å². The third-order valence-corrected chi connectivity index (χ3v) is 3.65. The van der Waals surface area contributed by atoms with Crippen molar-refractivity contribution in [2.75, 3.05) is 11.4 Å². The van der Waals surface area contributed by atoms with Crippen LogP contribution in [0.1, 0.15) is 22.2 Å². The molecule has 18 heavy (non-hydrogen) atoms. The first-order chi connectivity index (χ1) is 8.70. The quantitative estimate of drug-likeness (QED) is 0.896. The van der Waals surface area contributed by atoms with E-state index in [4.69, 9.17) is 5.11 Å². The molecule has 0 bridgehead atoms. The molecule has 0 amide bonds. The Kier molecular flexibility index (Phi) is 3.99. The molecule has 4 heteroatoms. The van der Waals surface area contributed by atoms with E-state index >= 15 is 0 Å². The van der Waals surface area contributed by atoms with Crippen molar-refractivity contribution in [1.82, 2.24) is 0 Å². The van der Waals surface area contributed by atoms with E-state index in [1.54, 1.807) is 23.5 Å². The van der Waals surface area contributed by atoms with Gasteiger partial charge in [-0.25, -0.2) is 4.79 Å². The maximum Gasteiger partial charge on any atom is 0.335 e. The number of hydrogen-bond donors (Lipinski definition) is 1. The highest BCUT2D eigenvalue weighted by atomic mass is 32.1. The molecule has 1 heterocycles. The van der Waals surface area contributed by atoms with E-state index in [2.05, 4.69) is 23.3 Å². The van der Waals surface area contributed by atoms with Crippen molar-refractivity contribution >= 4 is 23.0 Å². The number of aromatic carboxylic acids is 1. The summed E-state index contributed by atoms with van der Waals surface area (Å²) in [6, 6.07) is 11.2. The molecule has 1 aromatic carbocycles. The maximum atomic E-state index is 10.8. The highest BCUT2D eigenvalue weighted by molar-refractivity contribution is 7.09. The molecule has 94 valence electrons. The highest BCUT2D eigenvalue weighted by Crippen LogP contribution is 2.20. The Bertz CT molecular complexity index is 505. The van der Waals surface area contributed by atoms with Crippen LogP contribution in [0.3, 0.4) is 0 Å². The molecule has 0 aliphatic rings. The summed E-state index contributed by atoms with van der Waals surface area (Å²) in [4.78, 5) is 14.3. The van der Waals surface area contributed by atoms with Crippen molar-refractivity contribution in [2.45, 2.75) is 13.5 Å². The van der Waals surface area contributed by atoms with Crippen LogP contribution in [0.5, 0.6) is 0 Å². The van der Waals surface area contributed by atoms with E-state index < -0.39 is 5.97 Å². The van der Waals surface area contributed by atoms with Gasteiger partial charge in [0.05, 0.1) is 12.1 Å². The first-order valence-corrected chi connectivity index (χ1v) is 6.69. The topological polar surface area (TPSA) is 40.5 Å². The van der Waals surface area contributed by atoms with Crippen molar-refractivity contribution in [2.24, 2.45) is 0 Å². The molecular formula is C14H15NO2S. The monoisotopic (exact) mass is 261 g/mol. The Morgan fingerprint density at radius 3 is 2.50 bits per heavy atom. The van der Waals surface area contributed by atoms with Crippen LogP contribution in [0.25, 0.3) is 0 Å². The molecule has 0 unspecified atom stereocenters. The van der Waals surface area contributed by atoms with Gasteiger partial charge in [-0.15, -0.1) is 11.3 Å². The Balaban J connectivity index is 2.14. The minimum atomic E-state index is -0.886. The molecule has 0 radical (unpaired) electrons. The van der Waals surface area contributed by atoms with Crippen LogP contribution >= 0.6 is 11.3 Å². The van der Waals surface area contributed by atoms with Crippen molar-refractivity contribution in [3.8, 4) is 0 Å². The lowest BCUT2D eigenvalue weighted by molar-refractivity contribution is 0.0697. The second-order valence-corrected chi connectivity index (χ2v) is 4.98. The number of benzene rings is 1. The Morgan fingerprint density at radius 1 is 1.28 bits per heavy atom. The van der Waals surface area contributed by atoms with Gasteiger partial charge in [0.25, 0.3) is 0 Å². The largest absolute Gasteiger partial charge is 0.478 e. The van der Waals surface area contributed by atoms with Crippen LogP contribution in [-0.4, -0.2) is 17.6 Å². The lowest BCUT2D eigenvalue weighted by atomic mass is 10.2. The van der Waals surface area contributed by atoms with Gasteiger partial charge in [0, 0.05) is 17.1 Å². The molecule has 0 aliphatic carbocycles. The summed E-state index contributed by atoms with van der Waals surface area (Å²) in [6.07, 6.45) is 0. The van der Waals surface area contributed by atoms with Gasteiger partial charge in [0.2, 0.25) is 0 Å². The van der Waals surface area contributed by atoms with Crippen molar-refractivity contribution < 1.29 is 9.90 Å². The molecule has 2 rings (SSSR count). The number of carboxylic acids is 1. The highest BCUT2D eigenvalue weighted by Gasteiger charge is 2.07. The summed E-state index contributed by atoms with van der Waals surface area (Å²) in [5, 5.41) is 10.9. The van der Waals surface area contributed by atoms with E-state index in [1.807, 2.05) is 18.2 Å². The molecule has 1 aromatic heterocycles. The smallest absolute Gasteiger partial charge is 0.335 e. The lowest BCUT2D eigenvalue weighted by Gasteiger charge is -2.22. The summed E-state index contributed by atoms with van der Waals surface area (Å²) < 4.78 is 0. The van der Waals surface area contributed by atoms with Crippen LogP contribution in [0.15, 0.2) is 41.8 Å². The van der Waals surface area contributed by atoms with Crippen molar-refractivity contribution in [1.29, 1.82) is 0 Å². The second kappa shape index (κ2) is 5.69. The zero-order chi connectivity index (χ0) is 13.0. The van der Waals surface area contributed by atoms with Crippen LogP contribution < -0.4 is 4.90 Å². The van der Waals surface area contributed by atoms with Crippen LogP contribution in [-0.2, 0) is 6.54 Å². The first-order valence-electron chi connectivity index (χ1n) is 5.81. The fraction of sp³-hybridized carbons (Fsp3) is 0.214. The summed E-state index contributed by atoms with van der Waals surface area (Å²) in [5.74, 6) is -0.886. The van der Waals surface area contributed by atoms with Crippen molar-refractivity contribution in [3.63, 3.8) is 0 Å². The number of anilines is 1. The third kappa shape index (κ3) is 2.90. The van der Waals surface area contributed by atoms with E-state index in [1.165, 1.54) is 4.88 Å². The fourth-order valence-corrected chi connectivity index (χ4v) is 2.51. The standard InChI is InChI=1S/C14H15NO2S/c1-2-15(10-13-4-3-9-18-13)12-7-5-11(6-8-12)14(16)17/h3-9H,2,10H2,1H3,(H,16,17). The molecule has 1 N–H and O–H groups in total. The third-order valence-electron chi connectivity index (χ3n) is 2.79. The molecule has 2 aromatic rings. The summed E-state index contributed by atoms with van der Waals surface area (Å²) in [7, 11) is 0. The predicted molar refractivity (Wildman–Crippen MR) is 74.4 cm³/mol. The Morgan fingerprint density at radius 2 is 2.00 bits per heavy atom. The van der Waals surface area contributed by atoms with E-state index in [-0.39, 0.29) is 0 Å². The minimum absolute atomic E-state index is 0.325. The van der Waals surface area contributed by atoms with Gasteiger partial charge in [-0.05, 0) is 42.6 Å². The summed E-state index contributed by atoms with van der Waals surface area (Å²) in [5.41, 5.74) is 1.38. The molecule has 3 nitrogen and oxygen atoms in total. The van der Waals surface area contributed by atoms with Crippen LogP contribution in [0.2, 0.25) is 0 Å². The Labute approximate surface area is 110 Å². The minimum Gasteiger partial charge on any atom is -0.478 e. The molecule has 0 fully saturated rings. The number of thiophene rings is 1. The van der Waals surface area contributed by atoms with Gasteiger partial charge in [0.15, 0.2) is 0 Å².